The first-order valence-corrected chi connectivity index (χ1v) is 8.03. The summed E-state index contributed by atoms with van der Waals surface area (Å²) in [6, 6.07) is -0.157. The Morgan fingerprint density at radius 1 is 1.41 bits per heavy atom. The Balaban J connectivity index is 2.34. The summed E-state index contributed by atoms with van der Waals surface area (Å²) in [6.45, 7) is 13.3. The van der Waals surface area contributed by atoms with Crippen molar-refractivity contribution in [1.82, 2.24) is 20.6 Å². The number of nitrogens with one attached hydrogen (secondary N) is 2. The lowest BCUT2D eigenvalue weighted by Crippen LogP contribution is -2.42. The topological polar surface area (TPSA) is 66.9 Å². The average molecular weight is 304 g/mol. The lowest BCUT2D eigenvalue weighted by Gasteiger charge is -2.37. The van der Waals surface area contributed by atoms with E-state index in [1.54, 1.807) is 0 Å². The van der Waals surface area contributed by atoms with Crippen LogP contribution in [0.25, 0.3) is 0 Å². The molecular weight excluding hydrogens is 276 g/mol. The van der Waals surface area contributed by atoms with Crippen molar-refractivity contribution in [2.45, 2.75) is 65.8 Å². The molecule has 0 fully saturated rings. The van der Waals surface area contributed by atoms with Crippen LogP contribution in [0.4, 0.5) is 4.79 Å². The molecule has 1 atom stereocenters. The number of fused-ring (bicyclic) bond motifs is 1. The van der Waals surface area contributed by atoms with Gasteiger partial charge >= 0.3 is 6.03 Å². The maximum Gasteiger partial charge on any atom is 0.315 e. The van der Waals surface area contributed by atoms with Crippen LogP contribution in [0, 0.1) is 5.41 Å². The van der Waals surface area contributed by atoms with Gasteiger partial charge in [-0.15, -0.1) is 0 Å². The monoisotopic (exact) mass is 304 g/mol. The van der Waals surface area contributed by atoms with Crippen LogP contribution in [0.3, 0.4) is 0 Å². The van der Waals surface area contributed by atoms with Gasteiger partial charge in [-0.2, -0.15) is 0 Å². The van der Waals surface area contributed by atoms with E-state index in [9.17, 15) is 4.79 Å². The molecule has 5 heteroatoms. The summed E-state index contributed by atoms with van der Waals surface area (Å²) in [5, 5.41) is 5.86. The second-order valence-electron chi connectivity index (χ2n) is 7.95. The Morgan fingerprint density at radius 2 is 2.09 bits per heavy atom. The van der Waals surface area contributed by atoms with Crippen molar-refractivity contribution in [3.05, 3.63) is 23.3 Å². The molecular formula is C17H28N4O. The van der Waals surface area contributed by atoms with E-state index in [0.29, 0.717) is 6.54 Å². The summed E-state index contributed by atoms with van der Waals surface area (Å²) >= 11 is 0. The largest absolute Gasteiger partial charge is 0.338 e. The number of urea groups is 1. The van der Waals surface area contributed by atoms with E-state index in [-0.39, 0.29) is 22.9 Å². The predicted molar refractivity (Wildman–Crippen MR) is 87.8 cm³/mol. The summed E-state index contributed by atoms with van der Waals surface area (Å²) in [4.78, 5) is 21.2. The van der Waals surface area contributed by atoms with Gasteiger partial charge in [-0.25, -0.2) is 14.8 Å². The molecule has 0 saturated heterocycles. The van der Waals surface area contributed by atoms with Crippen molar-refractivity contribution in [2.24, 2.45) is 5.41 Å². The van der Waals surface area contributed by atoms with Gasteiger partial charge in [-0.05, 0) is 25.2 Å². The second-order valence-corrected chi connectivity index (χ2v) is 7.95. The molecule has 2 rings (SSSR count). The third kappa shape index (κ3) is 3.76. The highest BCUT2D eigenvalue weighted by atomic mass is 16.2. The van der Waals surface area contributed by atoms with Crippen LogP contribution in [-0.4, -0.2) is 22.5 Å². The van der Waals surface area contributed by atoms with E-state index in [0.717, 1.165) is 29.9 Å². The lowest BCUT2D eigenvalue weighted by atomic mass is 9.74. The molecule has 22 heavy (non-hydrogen) atoms. The van der Waals surface area contributed by atoms with Crippen LogP contribution in [0.15, 0.2) is 6.20 Å². The Morgan fingerprint density at radius 3 is 2.68 bits per heavy atom. The molecule has 0 spiro atoms. The molecule has 5 nitrogen and oxygen atoms in total. The average Bonchev–Trinajstić information content (AvgIpc) is 2.35. The Labute approximate surface area is 133 Å². The van der Waals surface area contributed by atoms with Crippen molar-refractivity contribution in [3.8, 4) is 0 Å². The minimum atomic E-state index is -0.129. The fraction of sp³-hybridized carbons (Fsp3) is 0.706. The molecule has 0 bridgehead atoms. The second kappa shape index (κ2) is 5.86. The minimum Gasteiger partial charge on any atom is -0.338 e. The van der Waals surface area contributed by atoms with Gasteiger partial charge in [0.1, 0.15) is 5.82 Å². The van der Waals surface area contributed by atoms with Crippen LogP contribution < -0.4 is 10.6 Å². The minimum absolute atomic E-state index is 0.0284. The third-order valence-corrected chi connectivity index (χ3v) is 3.99. The van der Waals surface area contributed by atoms with E-state index < -0.39 is 0 Å². The third-order valence-electron chi connectivity index (χ3n) is 3.99. The van der Waals surface area contributed by atoms with Crippen LogP contribution in [0.5, 0.6) is 0 Å². The smallest absolute Gasteiger partial charge is 0.315 e. The summed E-state index contributed by atoms with van der Waals surface area (Å²) in [6.07, 6.45) is 3.71. The van der Waals surface area contributed by atoms with Gasteiger partial charge in [-0.3, -0.25) is 0 Å². The maximum atomic E-state index is 11.9. The molecule has 0 aliphatic heterocycles. The highest BCUT2D eigenvalue weighted by Gasteiger charge is 2.35. The molecule has 1 aromatic rings. The number of hydrogen-bond donors (Lipinski definition) is 2. The van der Waals surface area contributed by atoms with Crippen molar-refractivity contribution in [1.29, 1.82) is 0 Å². The summed E-state index contributed by atoms with van der Waals surface area (Å²) in [5.41, 5.74) is 2.16. The normalized spacial score (nSPS) is 20.2. The molecule has 2 amide bonds. The number of rotatable bonds is 2. The van der Waals surface area contributed by atoms with E-state index >= 15 is 0 Å². The van der Waals surface area contributed by atoms with Crippen molar-refractivity contribution in [2.75, 3.05) is 6.54 Å². The zero-order valence-electron chi connectivity index (χ0n) is 14.6. The number of carbonyl (C=O) groups excluding carboxylic acids is 1. The van der Waals surface area contributed by atoms with Crippen LogP contribution in [0.2, 0.25) is 0 Å². The standard InChI is InChI=1S/C17H28N4O/c1-7-18-15(22)21-13-9-17(5,6)8-12-11(13)10-19-14(20-12)16(2,3)4/h10,13H,7-9H2,1-6H3,(H2,18,21,22)/t13-/m0/s1. The van der Waals surface area contributed by atoms with Gasteiger partial charge in [0, 0.05) is 29.4 Å². The van der Waals surface area contributed by atoms with E-state index in [1.807, 2.05) is 13.1 Å². The fourth-order valence-corrected chi connectivity index (χ4v) is 2.91. The van der Waals surface area contributed by atoms with Crippen molar-refractivity contribution < 1.29 is 4.79 Å². The molecule has 122 valence electrons. The zero-order valence-corrected chi connectivity index (χ0v) is 14.6. The van der Waals surface area contributed by atoms with Crippen molar-refractivity contribution in [3.63, 3.8) is 0 Å². The van der Waals surface area contributed by atoms with Gasteiger partial charge in [0.2, 0.25) is 0 Å². The molecule has 2 N–H and O–H groups in total. The Hall–Kier alpha value is -1.65. The predicted octanol–water partition coefficient (Wildman–Crippen LogP) is 3.11. The van der Waals surface area contributed by atoms with E-state index in [1.165, 1.54) is 0 Å². The van der Waals surface area contributed by atoms with Gasteiger partial charge in [0.05, 0.1) is 6.04 Å². The highest BCUT2D eigenvalue weighted by molar-refractivity contribution is 5.74. The molecule has 0 unspecified atom stereocenters. The fourth-order valence-electron chi connectivity index (χ4n) is 2.91. The number of hydrogen-bond acceptors (Lipinski definition) is 3. The number of amides is 2. The SMILES string of the molecule is CCNC(=O)N[C@H]1CC(C)(C)Cc2nc(C(C)(C)C)ncc21. The Bertz CT molecular complexity index is 560. The van der Waals surface area contributed by atoms with Crippen LogP contribution in [0.1, 0.15) is 71.1 Å². The quantitative estimate of drug-likeness (QED) is 0.882. The van der Waals surface area contributed by atoms with E-state index in [4.69, 9.17) is 4.98 Å². The zero-order chi connectivity index (χ0) is 16.5. The Kier molecular flexibility index (Phi) is 4.45. The molecule has 1 aromatic heterocycles. The molecule has 0 radical (unpaired) electrons. The number of nitrogens with zero attached hydrogens (tertiary/aromatic N) is 2. The summed E-state index contributed by atoms with van der Waals surface area (Å²) < 4.78 is 0. The summed E-state index contributed by atoms with van der Waals surface area (Å²) in [7, 11) is 0. The summed E-state index contributed by atoms with van der Waals surface area (Å²) in [5.74, 6) is 0.862. The van der Waals surface area contributed by atoms with Crippen LogP contribution >= 0.6 is 0 Å². The van der Waals surface area contributed by atoms with Gasteiger partial charge in [0.15, 0.2) is 0 Å². The highest BCUT2D eigenvalue weighted by Crippen LogP contribution is 2.40. The molecule has 1 heterocycles. The molecule has 1 aliphatic rings. The first-order valence-electron chi connectivity index (χ1n) is 8.03. The first-order chi connectivity index (χ1) is 10.1. The van der Waals surface area contributed by atoms with Gasteiger partial charge in [-0.1, -0.05) is 34.6 Å². The van der Waals surface area contributed by atoms with Gasteiger partial charge in [0.25, 0.3) is 0 Å². The first kappa shape index (κ1) is 16.7. The van der Waals surface area contributed by atoms with Gasteiger partial charge < -0.3 is 10.6 Å². The van der Waals surface area contributed by atoms with Crippen LogP contribution in [-0.2, 0) is 11.8 Å². The number of carbonyl (C=O) groups is 1. The number of aromatic nitrogens is 2. The van der Waals surface area contributed by atoms with Crippen molar-refractivity contribution >= 4 is 6.03 Å². The lowest BCUT2D eigenvalue weighted by molar-refractivity contribution is 0.220. The molecule has 0 aromatic carbocycles. The molecule has 0 saturated carbocycles. The van der Waals surface area contributed by atoms with E-state index in [2.05, 4.69) is 50.2 Å². The molecule has 1 aliphatic carbocycles. The maximum absolute atomic E-state index is 11.9.